The van der Waals surface area contributed by atoms with Crippen LogP contribution in [0, 0.1) is 13.8 Å². The Labute approximate surface area is 160 Å². The number of para-hydroxylation sites is 1. The first-order valence-corrected chi connectivity index (χ1v) is 9.20. The van der Waals surface area contributed by atoms with Crippen molar-refractivity contribution in [1.29, 1.82) is 0 Å². The molecule has 0 unspecified atom stereocenters. The number of hydrogen-bond acceptors (Lipinski definition) is 4. The molecule has 0 spiro atoms. The number of aryl methyl sites for hydroxylation is 2. The molecule has 2 rings (SSSR count). The summed E-state index contributed by atoms with van der Waals surface area (Å²) in [6.07, 6.45) is 0. The van der Waals surface area contributed by atoms with Crippen molar-refractivity contribution < 1.29 is 14.3 Å². The van der Waals surface area contributed by atoms with Gasteiger partial charge in [0.2, 0.25) is 0 Å². The van der Waals surface area contributed by atoms with Crippen molar-refractivity contribution in [1.82, 2.24) is 0 Å². The number of thioether (sulfide) groups is 1. The van der Waals surface area contributed by atoms with Crippen molar-refractivity contribution >= 4 is 52.5 Å². The first-order chi connectivity index (χ1) is 11.9. The maximum absolute atomic E-state index is 11.9. The monoisotopic (exact) mass is 397 g/mol. The molecule has 1 amide bonds. The van der Waals surface area contributed by atoms with Crippen molar-refractivity contribution in [2.24, 2.45) is 0 Å². The molecule has 0 aliphatic carbocycles. The normalized spacial score (nSPS) is 10.4. The summed E-state index contributed by atoms with van der Waals surface area (Å²) in [5.41, 5.74) is 2.52. The van der Waals surface area contributed by atoms with Crippen LogP contribution in [0.15, 0.2) is 41.3 Å². The fourth-order valence-corrected chi connectivity index (χ4v) is 3.39. The Kier molecular flexibility index (Phi) is 7.17. The number of amides is 1. The van der Waals surface area contributed by atoms with Gasteiger partial charge < -0.3 is 10.1 Å². The molecule has 0 bridgehead atoms. The predicted molar refractivity (Wildman–Crippen MR) is 103 cm³/mol. The van der Waals surface area contributed by atoms with Crippen molar-refractivity contribution in [3.8, 4) is 0 Å². The van der Waals surface area contributed by atoms with Crippen LogP contribution in [0.1, 0.15) is 11.1 Å². The van der Waals surface area contributed by atoms with Gasteiger partial charge in [-0.1, -0.05) is 47.0 Å². The smallest absolute Gasteiger partial charge is 0.316 e. The number of carbonyl (C=O) groups is 2. The van der Waals surface area contributed by atoms with Crippen molar-refractivity contribution in [3.05, 3.63) is 57.6 Å². The zero-order valence-electron chi connectivity index (χ0n) is 13.8. The second-order valence-corrected chi connectivity index (χ2v) is 7.19. The van der Waals surface area contributed by atoms with Gasteiger partial charge in [0.25, 0.3) is 5.91 Å². The number of ether oxygens (including phenoxy) is 1. The van der Waals surface area contributed by atoms with Gasteiger partial charge in [0.05, 0.1) is 21.5 Å². The molecule has 0 saturated carbocycles. The molecular formula is C18H17Cl2NO3S. The second-order valence-electron chi connectivity index (χ2n) is 5.36. The molecule has 0 atom stereocenters. The van der Waals surface area contributed by atoms with Crippen LogP contribution in [0.3, 0.4) is 0 Å². The van der Waals surface area contributed by atoms with Gasteiger partial charge in [-0.15, -0.1) is 11.8 Å². The van der Waals surface area contributed by atoms with Gasteiger partial charge in [-0.3, -0.25) is 9.59 Å². The van der Waals surface area contributed by atoms with Crippen molar-refractivity contribution in [2.45, 2.75) is 18.7 Å². The zero-order valence-corrected chi connectivity index (χ0v) is 16.1. The van der Waals surface area contributed by atoms with E-state index >= 15 is 0 Å². The highest BCUT2D eigenvalue weighted by Gasteiger charge is 2.12. The highest BCUT2D eigenvalue weighted by molar-refractivity contribution is 8.00. The highest BCUT2D eigenvalue weighted by atomic mass is 35.5. The average molecular weight is 398 g/mol. The van der Waals surface area contributed by atoms with Gasteiger partial charge in [0, 0.05) is 4.90 Å². The van der Waals surface area contributed by atoms with E-state index in [9.17, 15) is 9.59 Å². The minimum Gasteiger partial charge on any atom is -0.455 e. The number of hydrogen-bond donors (Lipinski definition) is 1. The van der Waals surface area contributed by atoms with Gasteiger partial charge in [0.1, 0.15) is 0 Å². The van der Waals surface area contributed by atoms with Crippen molar-refractivity contribution in [3.63, 3.8) is 0 Å². The lowest BCUT2D eigenvalue weighted by Gasteiger charge is -2.10. The molecule has 0 heterocycles. The number of anilines is 1. The summed E-state index contributed by atoms with van der Waals surface area (Å²) < 4.78 is 4.99. The zero-order chi connectivity index (χ0) is 18.4. The third-order valence-electron chi connectivity index (χ3n) is 3.28. The van der Waals surface area contributed by atoms with Gasteiger partial charge >= 0.3 is 5.97 Å². The van der Waals surface area contributed by atoms with Crippen LogP contribution in [0.25, 0.3) is 0 Å². The Morgan fingerprint density at radius 1 is 1.12 bits per heavy atom. The number of carbonyl (C=O) groups excluding carboxylic acids is 2. The number of esters is 1. The molecule has 0 aromatic heterocycles. The summed E-state index contributed by atoms with van der Waals surface area (Å²) in [4.78, 5) is 24.7. The molecule has 25 heavy (non-hydrogen) atoms. The third kappa shape index (κ3) is 5.96. The number of halogens is 2. The third-order valence-corrected chi connectivity index (χ3v) is 5.04. The molecule has 1 N–H and O–H groups in total. The maximum Gasteiger partial charge on any atom is 0.316 e. The van der Waals surface area contributed by atoms with Gasteiger partial charge in [-0.2, -0.15) is 0 Å². The standard InChI is InChI=1S/C18H17Cl2NO3S/c1-11-6-7-12(2)15(8-11)25-10-17(23)24-9-16(22)21-18-13(19)4-3-5-14(18)20/h3-8H,9-10H2,1-2H3,(H,21,22). The first kappa shape index (κ1) is 19.6. The van der Waals surface area contributed by atoms with Gasteiger partial charge in [-0.25, -0.2) is 0 Å². The molecule has 0 aliphatic heterocycles. The van der Waals surface area contributed by atoms with Crippen LogP contribution in [-0.2, 0) is 14.3 Å². The van der Waals surface area contributed by atoms with E-state index in [1.807, 2.05) is 32.0 Å². The van der Waals surface area contributed by atoms with Crippen LogP contribution in [0.2, 0.25) is 10.0 Å². The van der Waals surface area contributed by atoms with E-state index in [0.717, 1.165) is 16.0 Å². The molecule has 132 valence electrons. The predicted octanol–water partition coefficient (Wildman–Crippen LogP) is 4.88. The quantitative estimate of drug-likeness (QED) is 0.557. The molecule has 4 nitrogen and oxygen atoms in total. The van der Waals surface area contributed by atoms with Crippen LogP contribution in [-0.4, -0.2) is 24.2 Å². The molecule has 0 aliphatic rings. The number of benzene rings is 2. The SMILES string of the molecule is Cc1ccc(C)c(SCC(=O)OCC(=O)Nc2c(Cl)cccc2Cl)c1. The lowest BCUT2D eigenvalue weighted by molar-refractivity contribution is -0.144. The summed E-state index contributed by atoms with van der Waals surface area (Å²) in [6, 6.07) is 10.9. The van der Waals surface area contributed by atoms with Crippen LogP contribution in [0.4, 0.5) is 5.69 Å². The lowest BCUT2D eigenvalue weighted by Crippen LogP contribution is -2.22. The van der Waals surface area contributed by atoms with Crippen LogP contribution in [0.5, 0.6) is 0 Å². The Morgan fingerprint density at radius 3 is 2.48 bits per heavy atom. The molecule has 0 radical (unpaired) electrons. The molecule has 2 aromatic rings. The summed E-state index contributed by atoms with van der Waals surface area (Å²) >= 11 is 13.3. The van der Waals surface area contributed by atoms with E-state index in [1.54, 1.807) is 18.2 Å². The molecule has 7 heteroatoms. The fourth-order valence-electron chi connectivity index (χ4n) is 1.98. The molecule has 0 saturated heterocycles. The van der Waals surface area contributed by atoms with E-state index in [2.05, 4.69) is 5.32 Å². The van der Waals surface area contributed by atoms with E-state index in [1.165, 1.54) is 11.8 Å². The minimum atomic E-state index is -0.500. The number of nitrogens with one attached hydrogen (secondary N) is 1. The highest BCUT2D eigenvalue weighted by Crippen LogP contribution is 2.29. The summed E-state index contributed by atoms with van der Waals surface area (Å²) in [6.45, 7) is 3.58. The number of rotatable bonds is 6. The van der Waals surface area contributed by atoms with E-state index in [0.29, 0.717) is 15.7 Å². The lowest BCUT2D eigenvalue weighted by atomic mass is 10.2. The topological polar surface area (TPSA) is 55.4 Å². The van der Waals surface area contributed by atoms with E-state index < -0.39 is 18.5 Å². The largest absolute Gasteiger partial charge is 0.455 e. The van der Waals surface area contributed by atoms with Crippen LogP contribution >= 0.6 is 35.0 Å². The van der Waals surface area contributed by atoms with E-state index in [4.69, 9.17) is 27.9 Å². The van der Waals surface area contributed by atoms with Crippen molar-refractivity contribution in [2.75, 3.05) is 17.7 Å². The Balaban J connectivity index is 1.81. The maximum atomic E-state index is 11.9. The van der Waals surface area contributed by atoms with Gasteiger partial charge in [0.15, 0.2) is 6.61 Å². The Hall–Kier alpha value is -1.69. The minimum absolute atomic E-state index is 0.129. The summed E-state index contributed by atoms with van der Waals surface area (Å²) in [5, 5.41) is 3.17. The fraction of sp³-hybridized carbons (Fsp3) is 0.222. The second kappa shape index (κ2) is 9.13. The average Bonchev–Trinajstić information content (AvgIpc) is 2.57. The summed E-state index contributed by atoms with van der Waals surface area (Å²) in [7, 11) is 0. The van der Waals surface area contributed by atoms with E-state index in [-0.39, 0.29) is 5.75 Å². The first-order valence-electron chi connectivity index (χ1n) is 7.46. The summed E-state index contributed by atoms with van der Waals surface area (Å²) in [5.74, 6) is -0.837. The Morgan fingerprint density at radius 2 is 1.80 bits per heavy atom. The van der Waals surface area contributed by atoms with Crippen LogP contribution < -0.4 is 5.32 Å². The molecule has 2 aromatic carbocycles. The Bertz CT molecular complexity index is 776. The molecule has 0 fully saturated rings. The van der Waals surface area contributed by atoms with Gasteiger partial charge in [-0.05, 0) is 37.6 Å². The molecular weight excluding hydrogens is 381 g/mol.